The van der Waals surface area contributed by atoms with Gasteiger partial charge in [0.15, 0.2) is 0 Å². The van der Waals surface area contributed by atoms with Crippen molar-refractivity contribution in [2.24, 2.45) is 5.92 Å². The monoisotopic (exact) mass is 224 g/mol. The first-order valence-corrected chi connectivity index (χ1v) is 4.20. The first-order valence-electron chi connectivity index (χ1n) is 3.08. The molecule has 5 heteroatoms. The molecule has 0 aromatic rings. The molecule has 0 amide bonds. The molecular weight excluding hydrogens is 216 g/mol. The number of hydrogen-bond donors (Lipinski definition) is 2. The fourth-order valence-corrected chi connectivity index (χ4v) is 1.17. The van der Waals surface area contributed by atoms with Gasteiger partial charge in [-0.1, -0.05) is 15.9 Å². The second-order valence-corrected chi connectivity index (χ2v) is 2.77. The average molecular weight is 225 g/mol. The summed E-state index contributed by atoms with van der Waals surface area (Å²) < 4.78 is 0. The third kappa shape index (κ3) is 4.78. The molecule has 0 saturated carbocycles. The highest BCUT2D eigenvalue weighted by Gasteiger charge is 2.16. The van der Waals surface area contributed by atoms with E-state index in [2.05, 4.69) is 15.9 Å². The number of aliphatic carboxylic acids is 2. The molecule has 0 radical (unpaired) electrons. The van der Waals surface area contributed by atoms with Crippen LogP contribution >= 0.6 is 15.9 Å². The second-order valence-electron chi connectivity index (χ2n) is 2.12. The Labute approximate surface area is 72.3 Å². The molecule has 0 aromatic carbocycles. The van der Waals surface area contributed by atoms with Crippen LogP contribution in [0.5, 0.6) is 0 Å². The smallest absolute Gasteiger partial charge is 0.307 e. The van der Waals surface area contributed by atoms with E-state index in [4.69, 9.17) is 10.2 Å². The Bertz CT molecular complexity index is 157. The van der Waals surface area contributed by atoms with Gasteiger partial charge in [0, 0.05) is 11.8 Å². The molecule has 0 heterocycles. The van der Waals surface area contributed by atoms with Gasteiger partial charge in [-0.15, -0.1) is 0 Å². The molecule has 4 nitrogen and oxygen atoms in total. The minimum atomic E-state index is -0.961. The highest BCUT2D eigenvalue weighted by molar-refractivity contribution is 9.09. The molecule has 0 fully saturated rings. The molecule has 1 atom stereocenters. The molecule has 0 aliphatic heterocycles. The summed E-state index contributed by atoms with van der Waals surface area (Å²) in [5, 5.41) is 17.0. The average Bonchev–Trinajstić information content (AvgIpc) is 1.87. The number of carboxylic acids is 2. The zero-order valence-corrected chi connectivity index (χ0v) is 7.37. The van der Waals surface area contributed by atoms with E-state index in [0.717, 1.165) is 0 Å². The number of carboxylic acid groups (broad SMARTS) is 2. The zero-order valence-electron chi connectivity index (χ0n) is 5.79. The van der Waals surface area contributed by atoms with Crippen LogP contribution in [0.25, 0.3) is 0 Å². The quantitative estimate of drug-likeness (QED) is 0.683. The summed E-state index contributed by atoms with van der Waals surface area (Å²) in [7, 11) is 0. The van der Waals surface area contributed by atoms with Gasteiger partial charge in [0.05, 0.1) is 5.92 Å². The van der Waals surface area contributed by atoms with Gasteiger partial charge in [-0.05, 0) is 6.42 Å². The maximum absolute atomic E-state index is 10.3. The number of alkyl halides is 1. The van der Waals surface area contributed by atoms with Gasteiger partial charge >= 0.3 is 11.9 Å². The van der Waals surface area contributed by atoms with E-state index in [1.54, 1.807) is 0 Å². The van der Waals surface area contributed by atoms with Crippen molar-refractivity contribution in [1.29, 1.82) is 0 Å². The molecule has 0 aromatic heterocycles. The predicted molar refractivity (Wildman–Crippen MR) is 41.8 cm³/mol. The maximum Gasteiger partial charge on any atom is 0.307 e. The Morgan fingerprint density at radius 3 is 2.18 bits per heavy atom. The molecule has 0 saturated heterocycles. The van der Waals surface area contributed by atoms with Gasteiger partial charge in [-0.2, -0.15) is 0 Å². The van der Waals surface area contributed by atoms with Crippen molar-refractivity contribution in [3.8, 4) is 0 Å². The van der Waals surface area contributed by atoms with Gasteiger partial charge in [-0.25, -0.2) is 0 Å². The summed E-state index contributed by atoms with van der Waals surface area (Å²) in [5.41, 5.74) is 0. The molecule has 11 heavy (non-hydrogen) atoms. The molecule has 0 spiro atoms. The van der Waals surface area contributed by atoms with Crippen molar-refractivity contribution in [3.05, 3.63) is 0 Å². The Morgan fingerprint density at radius 1 is 1.36 bits per heavy atom. The summed E-state index contributed by atoms with van der Waals surface area (Å²) in [6.07, 6.45) is 0.0818. The summed E-state index contributed by atoms with van der Waals surface area (Å²) >= 11 is 2.99. The Hall–Kier alpha value is -0.580. The van der Waals surface area contributed by atoms with Crippen molar-refractivity contribution in [2.45, 2.75) is 12.8 Å². The van der Waals surface area contributed by atoms with E-state index in [1.807, 2.05) is 0 Å². The summed E-state index contributed by atoms with van der Waals surface area (Å²) in [6, 6.07) is 0. The van der Waals surface area contributed by atoms with Crippen molar-refractivity contribution in [3.63, 3.8) is 0 Å². The van der Waals surface area contributed by atoms with E-state index in [1.165, 1.54) is 0 Å². The molecule has 0 rings (SSSR count). The van der Waals surface area contributed by atoms with E-state index < -0.39 is 17.9 Å². The molecule has 1 unspecified atom stereocenters. The largest absolute Gasteiger partial charge is 0.481 e. The lowest BCUT2D eigenvalue weighted by atomic mass is 10.1. The highest BCUT2D eigenvalue weighted by atomic mass is 79.9. The highest BCUT2D eigenvalue weighted by Crippen LogP contribution is 2.09. The zero-order chi connectivity index (χ0) is 8.85. The number of hydrogen-bond acceptors (Lipinski definition) is 2. The van der Waals surface area contributed by atoms with Crippen LogP contribution in [0.4, 0.5) is 0 Å². The third-order valence-electron chi connectivity index (χ3n) is 1.24. The van der Waals surface area contributed by atoms with Crippen molar-refractivity contribution >= 4 is 27.9 Å². The van der Waals surface area contributed by atoms with Crippen LogP contribution in [0, 0.1) is 5.92 Å². The van der Waals surface area contributed by atoms with Gasteiger partial charge in [0.1, 0.15) is 0 Å². The number of rotatable bonds is 5. The summed E-state index contributed by atoms with van der Waals surface area (Å²) in [5.74, 6) is -2.51. The second kappa shape index (κ2) is 5.12. The molecule has 0 aliphatic carbocycles. The van der Waals surface area contributed by atoms with Crippen LogP contribution in [0.3, 0.4) is 0 Å². The Morgan fingerprint density at radius 2 is 1.91 bits per heavy atom. The van der Waals surface area contributed by atoms with Gasteiger partial charge in [-0.3, -0.25) is 9.59 Å². The predicted octanol–water partition coefficient (Wildman–Crippen LogP) is 0.947. The maximum atomic E-state index is 10.3. The Balaban J connectivity index is 3.70. The molecule has 2 N–H and O–H groups in total. The summed E-state index contributed by atoms with van der Waals surface area (Å²) in [4.78, 5) is 20.4. The lowest BCUT2D eigenvalue weighted by molar-refractivity contribution is -0.142. The van der Waals surface area contributed by atoms with Crippen LogP contribution in [0.2, 0.25) is 0 Å². The third-order valence-corrected chi connectivity index (χ3v) is 2.02. The molecule has 0 aliphatic rings. The minimum Gasteiger partial charge on any atom is -0.481 e. The van der Waals surface area contributed by atoms with Crippen molar-refractivity contribution in [2.75, 3.05) is 5.33 Å². The van der Waals surface area contributed by atoms with Crippen LogP contribution in [-0.4, -0.2) is 27.5 Å². The van der Waals surface area contributed by atoms with Crippen LogP contribution in [-0.2, 0) is 9.59 Å². The minimum absolute atomic E-state index is 0.0947. The fraction of sp³-hybridized carbons (Fsp3) is 0.667. The lowest BCUT2D eigenvalue weighted by Crippen LogP contribution is -2.16. The van der Waals surface area contributed by atoms with Crippen LogP contribution in [0.15, 0.2) is 0 Å². The number of carbonyl (C=O) groups is 2. The first-order chi connectivity index (χ1) is 5.07. The fourth-order valence-electron chi connectivity index (χ4n) is 0.564. The lowest BCUT2D eigenvalue weighted by Gasteiger charge is -2.04. The van der Waals surface area contributed by atoms with Gasteiger partial charge in [0.2, 0.25) is 0 Å². The van der Waals surface area contributed by atoms with E-state index in [0.29, 0.717) is 5.33 Å². The SMILES string of the molecule is O=C(O)CCC(CBr)C(=O)O. The van der Waals surface area contributed by atoms with E-state index in [9.17, 15) is 9.59 Å². The van der Waals surface area contributed by atoms with E-state index >= 15 is 0 Å². The van der Waals surface area contributed by atoms with E-state index in [-0.39, 0.29) is 12.8 Å². The topological polar surface area (TPSA) is 74.6 Å². The molecular formula is C6H9BrO4. The van der Waals surface area contributed by atoms with Gasteiger partial charge < -0.3 is 10.2 Å². The van der Waals surface area contributed by atoms with Gasteiger partial charge in [0.25, 0.3) is 0 Å². The summed E-state index contributed by atoms with van der Waals surface area (Å²) in [6.45, 7) is 0. The molecule has 64 valence electrons. The number of halogens is 1. The Kier molecular flexibility index (Phi) is 4.85. The molecule has 0 bridgehead atoms. The van der Waals surface area contributed by atoms with Crippen molar-refractivity contribution < 1.29 is 19.8 Å². The van der Waals surface area contributed by atoms with Crippen LogP contribution < -0.4 is 0 Å². The normalized spacial score (nSPS) is 12.5. The first kappa shape index (κ1) is 10.4. The standard InChI is InChI=1S/C6H9BrO4/c7-3-4(6(10)11)1-2-5(8)9/h4H,1-3H2,(H,8,9)(H,10,11). The van der Waals surface area contributed by atoms with Crippen molar-refractivity contribution in [1.82, 2.24) is 0 Å². The van der Waals surface area contributed by atoms with Crippen LogP contribution in [0.1, 0.15) is 12.8 Å².